The summed E-state index contributed by atoms with van der Waals surface area (Å²) in [5, 5.41) is 10.7. The molecular formula is C11H16N4O5S. The number of carbonyl (C=O) groups is 1. The van der Waals surface area contributed by atoms with Gasteiger partial charge in [-0.25, -0.2) is 13.1 Å². The molecule has 21 heavy (non-hydrogen) atoms. The van der Waals surface area contributed by atoms with Crippen molar-refractivity contribution in [3.05, 3.63) is 28.3 Å². The van der Waals surface area contributed by atoms with Crippen LogP contribution in [0, 0.1) is 10.1 Å². The minimum absolute atomic E-state index is 0.136. The van der Waals surface area contributed by atoms with Crippen molar-refractivity contribution in [2.24, 2.45) is 5.73 Å². The third-order valence-electron chi connectivity index (χ3n) is 2.52. The number of hydrogen-bond donors (Lipinski definition) is 3. The molecule has 0 aromatic heterocycles. The molecule has 0 heterocycles. The van der Waals surface area contributed by atoms with Crippen molar-refractivity contribution < 1.29 is 18.1 Å². The highest BCUT2D eigenvalue weighted by Crippen LogP contribution is 2.25. The van der Waals surface area contributed by atoms with Gasteiger partial charge in [0.05, 0.1) is 10.6 Å². The van der Waals surface area contributed by atoms with E-state index < -0.39 is 37.0 Å². The van der Waals surface area contributed by atoms with Crippen LogP contribution in [0.2, 0.25) is 0 Å². The zero-order valence-electron chi connectivity index (χ0n) is 11.5. The molecule has 10 heteroatoms. The van der Waals surface area contributed by atoms with Crippen molar-refractivity contribution in [1.82, 2.24) is 4.72 Å². The number of anilines is 1. The molecule has 0 saturated heterocycles. The van der Waals surface area contributed by atoms with Crippen molar-refractivity contribution in [1.29, 1.82) is 0 Å². The average molecular weight is 316 g/mol. The molecule has 0 radical (unpaired) electrons. The van der Waals surface area contributed by atoms with Gasteiger partial charge in [0, 0.05) is 24.1 Å². The van der Waals surface area contributed by atoms with Crippen LogP contribution in [0.3, 0.4) is 0 Å². The number of non-ortho nitro benzene ring substituents is 1. The van der Waals surface area contributed by atoms with Gasteiger partial charge < -0.3 is 11.5 Å². The lowest BCUT2D eigenvalue weighted by Crippen LogP contribution is -2.46. The number of hydrogen-bond acceptors (Lipinski definition) is 6. The maximum absolute atomic E-state index is 12.3. The van der Waals surface area contributed by atoms with E-state index in [9.17, 15) is 23.3 Å². The first-order valence-corrected chi connectivity index (χ1v) is 7.29. The summed E-state index contributed by atoms with van der Waals surface area (Å²) in [4.78, 5) is 20.5. The number of benzene rings is 1. The molecule has 0 atom stereocenters. The lowest BCUT2D eigenvalue weighted by Gasteiger charge is -2.24. The van der Waals surface area contributed by atoms with Crippen LogP contribution in [0.15, 0.2) is 23.1 Å². The minimum Gasteiger partial charge on any atom is -0.398 e. The molecule has 0 spiro atoms. The van der Waals surface area contributed by atoms with Gasteiger partial charge in [-0.05, 0) is 19.9 Å². The molecule has 116 valence electrons. The lowest BCUT2D eigenvalue weighted by atomic mass is 10.0. The summed E-state index contributed by atoms with van der Waals surface area (Å²) >= 11 is 0. The van der Waals surface area contributed by atoms with Gasteiger partial charge in [-0.2, -0.15) is 0 Å². The largest absolute Gasteiger partial charge is 0.398 e. The van der Waals surface area contributed by atoms with Crippen molar-refractivity contribution in [3.8, 4) is 0 Å². The molecule has 1 rings (SSSR count). The van der Waals surface area contributed by atoms with E-state index in [0.29, 0.717) is 0 Å². The number of amides is 1. The number of primary amides is 1. The van der Waals surface area contributed by atoms with Gasteiger partial charge in [-0.3, -0.25) is 14.9 Å². The van der Waals surface area contributed by atoms with Crippen LogP contribution in [0.4, 0.5) is 11.4 Å². The summed E-state index contributed by atoms with van der Waals surface area (Å²) in [5.74, 6) is -0.685. The first-order chi connectivity index (χ1) is 9.44. The number of nitrogens with zero attached hydrogens (tertiary/aromatic N) is 1. The Balaban J connectivity index is 3.22. The quantitative estimate of drug-likeness (QED) is 0.383. The predicted octanol–water partition coefficient (Wildman–Crippen LogP) is 0.109. The minimum atomic E-state index is -4.14. The number of nitro benzene ring substituents is 1. The van der Waals surface area contributed by atoms with Crippen molar-refractivity contribution in [2.45, 2.75) is 30.7 Å². The third-order valence-corrected chi connectivity index (χ3v) is 4.28. The van der Waals surface area contributed by atoms with Gasteiger partial charge in [0.2, 0.25) is 15.9 Å². The number of rotatable bonds is 6. The van der Waals surface area contributed by atoms with E-state index >= 15 is 0 Å². The summed E-state index contributed by atoms with van der Waals surface area (Å²) in [6.07, 6.45) is -0.235. The fourth-order valence-corrected chi connectivity index (χ4v) is 3.32. The Labute approximate surface area is 121 Å². The molecular weight excluding hydrogens is 300 g/mol. The second kappa shape index (κ2) is 5.66. The molecule has 5 N–H and O–H groups in total. The molecule has 1 aromatic carbocycles. The number of nitrogen functional groups attached to an aromatic ring is 1. The highest BCUT2D eigenvalue weighted by molar-refractivity contribution is 7.89. The standard InChI is InChI=1S/C11H16N4O5S/c1-11(2,6-10(13)16)14-21(19,20)9-5-7(15(17)18)3-4-8(9)12/h3-5,14H,6,12H2,1-2H3,(H2,13,16). The highest BCUT2D eigenvalue weighted by Gasteiger charge is 2.30. The van der Waals surface area contributed by atoms with Crippen LogP contribution in [-0.2, 0) is 14.8 Å². The Morgan fingerprint density at radius 1 is 1.43 bits per heavy atom. The predicted molar refractivity (Wildman–Crippen MR) is 75.7 cm³/mol. The van der Waals surface area contributed by atoms with Crippen molar-refractivity contribution >= 4 is 27.3 Å². The first-order valence-electron chi connectivity index (χ1n) is 5.81. The van der Waals surface area contributed by atoms with E-state index in [1.54, 1.807) is 0 Å². The average Bonchev–Trinajstić information content (AvgIpc) is 2.24. The zero-order chi connectivity index (χ0) is 16.4. The summed E-state index contributed by atoms with van der Waals surface area (Å²) in [7, 11) is -4.14. The number of sulfonamides is 1. The monoisotopic (exact) mass is 316 g/mol. The molecule has 0 unspecified atom stereocenters. The van der Waals surface area contributed by atoms with Crippen LogP contribution < -0.4 is 16.2 Å². The Kier molecular flexibility index (Phi) is 4.54. The van der Waals surface area contributed by atoms with E-state index in [4.69, 9.17) is 11.5 Å². The number of nitrogens with one attached hydrogen (secondary N) is 1. The molecule has 0 aliphatic carbocycles. The molecule has 0 aliphatic heterocycles. The summed E-state index contributed by atoms with van der Waals surface area (Å²) in [6, 6.07) is 3.09. The Bertz CT molecular complexity index is 684. The number of nitro groups is 1. The topological polar surface area (TPSA) is 158 Å². The van der Waals surface area contributed by atoms with Gasteiger partial charge in [-0.15, -0.1) is 0 Å². The summed E-state index contributed by atoms with van der Waals surface area (Å²) < 4.78 is 26.8. The van der Waals surface area contributed by atoms with Gasteiger partial charge in [0.25, 0.3) is 5.69 Å². The van der Waals surface area contributed by atoms with E-state index in [1.165, 1.54) is 13.8 Å². The van der Waals surface area contributed by atoms with E-state index in [2.05, 4.69) is 4.72 Å². The number of nitrogens with two attached hydrogens (primary N) is 2. The van der Waals surface area contributed by atoms with Crippen LogP contribution in [0.1, 0.15) is 20.3 Å². The van der Waals surface area contributed by atoms with Crippen LogP contribution >= 0.6 is 0 Å². The van der Waals surface area contributed by atoms with Crippen molar-refractivity contribution in [2.75, 3.05) is 5.73 Å². The lowest BCUT2D eigenvalue weighted by molar-refractivity contribution is -0.385. The number of carbonyl (C=O) groups excluding carboxylic acids is 1. The van der Waals surface area contributed by atoms with Gasteiger partial charge in [0.15, 0.2) is 0 Å². The Hall–Kier alpha value is -2.20. The molecule has 1 amide bonds. The van der Waals surface area contributed by atoms with E-state index in [-0.39, 0.29) is 12.1 Å². The summed E-state index contributed by atoms with van der Waals surface area (Å²) in [5.41, 5.74) is 8.91. The van der Waals surface area contributed by atoms with Gasteiger partial charge in [0.1, 0.15) is 4.90 Å². The van der Waals surface area contributed by atoms with Crippen LogP contribution in [0.5, 0.6) is 0 Å². The second-order valence-corrected chi connectivity index (χ2v) is 6.76. The third kappa shape index (κ3) is 4.39. The SMILES string of the molecule is CC(C)(CC(N)=O)NS(=O)(=O)c1cc([N+](=O)[O-])ccc1N. The molecule has 0 aliphatic rings. The maximum atomic E-state index is 12.3. The Morgan fingerprint density at radius 2 is 2.00 bits per heavy atom. The van der Waals surface area contributed by atoms with E-state index in [0.717, 1.165) is 18.2 Å². The summed E-state index contributed by atoms with van der Waals surface area (Å²) in [6.45, 7) is 2.92. The molecule has 0 saturated carbocycles. The van der Waals surface area contributed by atoms with E-state index in [1.807, 2.05) is 0 Å². The van der Waals surface area contributed by atoms with Gasteiger partial charge in [-0.1, -0.05) is 0 Å². The molecule has 0 bridgehead atoms. The second-order valence-electron chi connectivity index (χ2n) is 5.11. The Morgan fingerprint density at radius 3 is 2.48 bits per heavy atom. The first kappa shape index (κ1) is 16.9. The normalized spacial score (nSPS) is 12.1. The zero-order valence-corrected chi connectivity index (χ0v) is 12.3. The van der Waals surface area contributed by atoms with Crippen LogP contribution in [-0.4, -0.2) is 24.8 Å². The fraction of sp³-hybridized carbons (Fsp3) is 0.364. The van der Waals surface area contributed by atoms with Crippen LogP contribution in [0.25, 0.3) is 0 Å². The molecule has 0 fully saturated rings. The molecule has 9 nitrogen and oxygen atoms in total. The van der Waals surface area contributed by atoms with Gasteiger partial charge >= 0.3 is 0 Å². The fourth-order valence-electron chi connectivity index (χ4n) is 1.76. The highest BCUT2D eigenvalue weighted by atomic mass is 32.2. The smallest absolute Gasteiger partial charge is 0.270 e. The maximum Gasteiger partial charge on any atom is 0.270 e. The van der Waals surface area contributed by atoms with Crippen molar-refractivity contribution in [3.63, 3.8) is 0 Å². The molecule has 1 aromatic rings.